The molecular weight excluding hydrogens is 726 g/mol. The number of allylic oxidation sites excluding steroid dienone is 1. The Balaban J connectivity index is 1.43. The zero-order valence-corrected chi connectivity index (χ0v) is 27.8. The predicted octanol–water partition coefficient (Wildman–Crippen LogP) is 8.02. The van der Waals surface area contributed by atoms with Crippen molar-refractivity contribution in [3.05, 3.63) is 129 Å². The first-order valence-corrected chi connectivity index (χ1v) is 16.5. The van der Waals surface area contributed by atoms with Crippen molar-refractivity contribution in [2.24, 2.45) is 4.99 Å². The molecule has 1 N–H and O–H groups in total. The second kappa shape index (κ2) is 11.6. The Labute approximate surface area is 288 Å². The molecule has 238 valence electrons. The maximum Gasteiger partial charge on any atom is 0.642 e. The first-order valence-electron chi connectivity index (χ1n) is 15.5. The lowest BCUT2D eigenvalue weighted by Crippen LogP contribution is -2.53. The molecule has 0 radical (unpaired) electrons. The van der Waals surface area contributed by atoms with Gasteiger partial charge in [0.05, 0.1) is 21.8 Å². The number of hydrogen-bond acceptors (Lipinski definition) is 4. The molecule has 0 saturated heterocycles. The van der Waals surface area contributed by atoms with E-state index in [1.807, 2.05) is 78.9 Å². The molecule has 0 amide bonds. The third-order valence-corrected chi connectivity index (χ3v) is 10.1. The third kappa shape index (κ3) is 4.70. The van der Waals surface area contributed by atoms with E-state index in [-0.39, 0.29) is 11.7 Å². The van der Waals surface area contributed by atoms with E-state index in [0.29, 0.717) is 50.5 Å². The zero-order valence-electron chi connectivity index (χ0n) is 25.7. The van der Waals surface area contributed by atoms with Gasteiger partial charge in [0.1, 0.15) is 17.2 Å². The van der Waals surface area contributed by atoms with Gasteiger partial charge in [0, 0.05) is 11.3 Å². The van der Waals surface area contributed by atoms with Crippen LogP contribution in [0.4, 0.5) is 14.4 Å². The maximum atomic E-state index is 17.9. The fourth-order valence-electron chi connectivity index (χ4n) is 7.03. The lowest BCUT2D eigenvalue weighted by atomic mass is 9.85. The summed E-state index contributed by atoms with van der Waals surface area (Å²) in [6, 6.07) is 31.3. The number of carboxylic acids is 1. The van der Waals surface area contributed by atoms with Crippen molar-refractivity contribution in [3.8, 4) is 33.9 Å². The van der Waals surface area contributed by atoms with Crippen molar-refractivity contribution < 1.29 is 32.5 Å². The van der Waals surface area contributed by atoms with Gasteiger partial charge in [-0.25, -0.2) is 4.79 Å². The highest BCUT2D eigenvalue weighted by Gasteiger charge is 2.56. The molecule has 48 heavy (non-hydrogen) atoms. The molecule has 8 rings (SSSR count). The second-order valence-electron chi connectivity index (χ2n) is 11.8. The van der Waals surface area contributed by atoms with Gasteiger partial charge in [-0.15, -0.1) is 0 Å². The number of halogens is 3. The topological polar surface area (TPSA) is 76.1 Å². The highest BCUT2D eigenvalue weighted by Crippen LogP contribution is 2.52. The molecule has 2 aliphatic heterocycles. The van der Waals surface area contributed by atoms with E-state index in [9.17, 15) is 4.79 Å². The van der Waals surface area contributed by atoms with Crippen LogP contribution in [0.3, 0.4) is 0 Å². The summed E-state index contributed by atoms with van der Waals surface area (Å²) in [5, 5.41) is 9.04. The summed E-state index contributed by atoms with van der Waals surface area (Å²) in [6.45, 7) is -5.01. The number of aliphatic carboxylic acids is 1. The van der Waals surface area contributed by atoms with Crippen molar-refractivity contribution in [1.82, 2.24) is 4.48 Å². The number of methoxy groups -OCH3 is 1. The summed E-state index contributed by atoms with van der Waals surface area (Å²) in [4.78, 5) is 16.2. The summed E-state index contributed by atoms with van der Waals surface area (Å²) in [7, 11) is 1.60. The number of aliphatic imine (C=N–C) groups is 1. The highest BCUT2D eigenvalue weighted by atomic mass is 127. The van der Waals surface area contributed by atoms with Gasteiger partial charge in [0.2, 0.25) is 5.82 Å². The molecule has 7 nitrogen and oxygen atoms in total. The maximum absolute atomic E-state index is 17.9. The number of amidine groups is 1. The summed E-state index contributed by atoms with van der Waals surface area (Å²) >= 11 is 2.15. The summed E-state index contributed by atoms with van der Waals surface area (Å²) in [5.74, 6) is 0.328. The smallest absolute Gasteiger partial charge is 0.497 e. The van der Waals surface area contributed by atoms with Gasteiger partial charge < -0.3 is 32.2 Å². The van der Waals surface area contributed by atoms with Gasteiger partial charge in [-0.05, 0) is 111 Å². The third-order valence-electron chi connectivity index (χ3n) is 9.06. The van der Waals surface area contributed by atoms with Crippen LogP contribution in [0.1, 0.15) is 22.3 Å². The Morgan fingerprint density at radius 1 is 0.917 bits per heavy atom. The Morgan fingerprint density at radius 2 is 1.58 bits per heavy atom. The summed E-state index contributed by atoms with van der Waals surface area (Å²) in [5.41, 5.74) is 6.81. The minimum atomic E-state index is -4.51. The Bertz CT molecular complexity index is 2230. The largest absolute Gasteiger partial charge is 0.642 e. The minimum absolute atomic E-state index is 0.186. The van der Waals surface area contributed by atoms with E-state index < -0.39 is 19.5 Å². The predicted molar refractivity (Wildman–Crippen MR) is 191 cm³/mol. The molecule has 5 aromatic rings. The summed E-state index contributed by atoms with van der Waals surface area (Å²) < 4.78 is 49.5. The number of fused-ring (bicyclic) bond motifs is 6. The highest BCUT2D eigenvalue weighted by molar-refractivity contribution is 14.1. The van der Waals surface area contributed by atoms with Gasteiger partial charge in [0.15, 0.2) is 6.61 Å². The number of carboxylic acid groups (broad SMARTS) is 1. The minimum Gasteiger partial charge on any atom is -0.497 e. The van der Waals surface area contributed by atoms with E-state index >= 15 is 8.63 Å². The molecule has 0 atom stereocenters. The molecule has 3 aliphatic rings. The van der Waals surface area contributed by atoms with Gasteiger partial charge in [-0.3, -0.25) is 0 Å². The van der Waals surface area contributed by atoms with E-state index in [1.165, 1.54) is 4.48 Å². The van der Waals surface area contributed by atoms with Crippen molar-refractivity contribution in [2.45, 2.75) is 12.8 Å². The van der Waals surface area contributed by atoms with Crippen LogP contribution in [0.15, 0.2) is 112 Å². The van der Waals surface area contributed by atoms with Gasteiger partial charge >= 0.3 is 12.9 Å². The lowest BCUT2D eigenvalue weighted by Gasteiger charge is -2.33. The standard InChI is InChI=1S/C37H27BF2IN3O4/c1-47-27-17-19-28-25(20-27)14-18-29-31(22-8-4-2-5-9-22)36-42-37-32(23-10-6-3-7-11-23)33(41)34(43(37)38(39,40)44(36)35(28)29)24-12-15-26(16-13-24)48-21-30(45)46/h2-13,15-17,19-20H,14,18,21H2,1H3,(H,45,46). The van der Waals surface area contributed by atoms with Crippen LogP contribution >= 0.6 is 22.6 Å². The van der Waals surface area contributed by atoms with Crippen molar-refractivity contribution in [2.75, 3.05) is 13.7 Å². The summed E-state index contributed by atoms with van der Waals surface area (Å²) in [6.07, 6.45) is 1.26. The van der Waals surface area contributed by atoms with Crippen molar-refractivity contribution >= 4 is 58.5 Å². The SMILES string of the molecule is COc1ccc2c(c1)CCc1c(-c3ccccc3)c3n(c1-2)[B-](F)(F)[N+]1=C(c2ccc(OCC(=O)O)cc2)C(I)=C(c2ccccc2)C1=N3. The number of benzene rings is 4. The van der Waals surface area contributed by atoms with Crippen LogP contribution in [0, 0.1) is 0 Å². The van der Waals surface area contributed by atoms with E-state index in [4.69, 9.17) is 19.6 Å². The molecule has 0 spiro atoms. The quantitative estimate of drug-likeness (QED) is 0.135. The van der Waals surface area contributed by atoms with Gasteiger partial charge in [0.25, 0.3) is 5.84 Å². The Morgan fingerprint density at radius 3 is 2.25 bits per heavy atom. The van der Waals surface area contributed by atoms with Crippen LogP contribution in [0.25, 0.3) is 28.0 Å². The second-order valence-corrected chi connectivity index (χ2v) is 12.9. The lowest BCUT2D eigenvalue weighted by molar-refractivity contribution is -0.291. The van der Waals surface area contributed by atoms with Crippen LogP contribution in [0.5, 0.6) is 11.5 Å². The molecule has 0 fully saturated rings. The number of aryl methyl sites for hydroxylation is 1. The number of ether oxygens (including phenoxy) is 2. The van der Waals surface area contributed by atoms with Gasteiger partial charge in [-0.1, -0.05) is 60.7 Å². The van der Waals surface area contributed by atoms with E-state index in [2.05, 4.69) is 22.6 Å². The Hall–Kier alpha value is -5.04. The van der Waals surface area contributed by atoms with Crippen LogP contribution < -0.4 is 9.47 Å². The molecular formula is C37H27BF2IN3O4. The molecule has 0 unspecified atom stereocenters. The monoisotopic (exact) mass is 753 g/mol. The molecule has 1 aromatic heterocycles. The fourth-order valence-corrected chi connectivity index (χ4v) is 8.16. The normalized spacial score (nSPS) is 15.7. The number of nitrogens with zero attached hydrogens (tertiary/aromatic N) is 3. The number of aromatic nitrogens is 1. The Kier molecular flexibility index (Phi) is 7.32. The number of hydrogen-bond donors (Lipinski definition) is 1. The van der Waals surface area contributed by atoms with E-state index in [1.54, 1.807) is 31.4 Å². The number of rotatable bonds is 7. The first-order chi connectivity index (χ1) is 23.3. The zero-order chi connectivity index (χ0) is 33.2. The molecule has 0 bridgehead atoms. The molecule has 4 aromatic carbocycles. The molecule has 0 saturated carbocycles. The van der Waals surface area contributed by atoms with Crippen LogP contribution in [0.2, 0.25) is 0 Å². The van der Waals surface area contributed by atoms with Crippen LogP contribution in [-0.4, -0.2) is 52.3 Å². The average Bonchev–Trinajstić information content (AvgIpc) is 3.61. The van der Waals surface area contributed by atoms with Crippen LogP contribution in [-0.2, 0) is 17.6 Å². The van der Waals surface area contributed by atoms with Gasteiger partial charge in [-0.2, -0.15) is 0 Å². The molecule has 1 aliphatic carbocycles. The number of carbonyl (C=O) groups is 1. The molecule has 11 heteroatoms. The average molecular weight is 753 g/mol. The van der Waals surface area contributed by atoms with Crippen molar-refractivity contribution in [3.63, 3.8) is 0 Å². The van der Waals surface area contributed by atoms with E-state index in [0.717, 1.165) is 37.9 Å². The molecule has 3 heterocycles. The fraction of sp³-hybridized carbons (Fsp3) is 0.108. The van der Waals surface area contributed by atoms with Crippen molar-refractivity contribution in [1.29, 1.82) is 0 Å². The first kappa shape index (κ1) is 30.3.